The van der Waals surface area contributed by atoms with Crippen molar-refractivity contribution in [3.63, 3.8) is 0 Å². The third kappa shape index (κ3) is 2.14. The summed E-state index contributed by atoms with van der Waals surface area (Å²) in [5, 5.41) is 10.0. The topological polar surface area (TPSA) is 59.8 Å². The molecule has 16 heavy (non-hydrogen) atoms. The zero-order chi connectivity index (χ0) is 11.5. The van der Waals surface area contributed by atoms with Gasteiger partial charge in [0.05, 0.1) is 6.54 Å². The van der Waals surface area contributed by atoms with E-state index in [0.29, 0.717) is 6.54 Å². The highest BCUT2D eigenvalue weighted by molar-refractivity contribution is 7.10. The molecule has 2 rings (SSSR count). The molecule has 0 unspecified atom stereocenters. The third-order valence-corrected chi connectivity index (χ3v) is 3.78. The van der Waals surface area contributed by atoms with E-state index in [4.69, 9.17) is 0 Å². The maximum absolute atomic E-state index is 11.6. The van der Waals surface area contributed by atoms with E-state index in [0.717, 1.165) is 22.9 Å². The van der Waals surface area contributed by atoms with Crippen LogP contribution in [0.4, 0.5) is 5.00 Å². The Balaban J connectivity index is 2.27. The first-order chi connectivity index (χ1) is 7.72. The molecular formula is C9H12N4OS2. The van der Waals surface area contributed by atoms with Gasteiger partial charge < -0.3 is 5.32 Å². The number of hydrogen-bond donors (Lipinski definition) is 1. The fourth-order valence-corrected chi connectivity index (χ4v) is 2.73. The van der Waals surface area contributed by atoms with Crippen molar-refractivity contribution in [2.75, 3.05) is 11.9 Å². The summed E-state index contributed by atoms with van der Waals surface area (Å²) >= 11 is 2.54. The quantitative estimate of drug-likeness (QED) is 0.901. The van der Waals surface area contributed by atoms with Crippen LogP contribution in [0.1, 0.15) is 18.3 Å². The zero-order valence-electron chi connectivity index (χ0n) is 9.06. The number of aromatic nitrogens is 3. The summed E-state index contributed by atoms with van der Waals surface area (Å²) in [6.45, 7) is 5.26. The van der Waals surface area contributed by atoms with Crippen LogP contribution >= 0.6 is 22.9 Å². The Hall–Kier alpha value is -1.21. The highest BCUT2D eigenvalue weighted by Gasteiger charge is 2.10. The first kappa shape index (κ1) is 11.3. The van der Waals surface area contributed by atoms with Crippen LogP contribution in [0.2, 0.25) is 0 Å². The van der Waals surface area contributed by atoms with E-state index >= 15 is 0 Å². The normalized spacial score (nSPS) is 10.6. The fraction of sp³-hybridized carbons (Fsp3) is 0.444. The summed E-state index contributed by atoms with van der Waals surface area (Å²) in [5.74, 6) is 0. The predicted octanol–water partition coefficient (Wildman–Crippen LogP) is 1.55. The molecule has 0 spiro atoms. The van der Waals surface area contributed by atoms with E-state index in [-0.39, 0.29) is 4.87 Å². The lowest BCUT2D eigenvalue weighted by Gasteiger charge is -2.04. The number of thiazole rings is 1. The van der Waals surface area contributed by atoms with Crippen LogP contribution in [0.3, 0.4) is 0 Å². The second kappa shape index (κ2) is 4.75. The molecule has 0 saturated carbocycles. The molecule has 2 heterocycles. The van der Waals surface area contributed by atoms with Crippen LogP contribution < -0.4 is 10.2 Å². The van der Waals surface area contributed by atoms with E-state index in [9.17, 15) is 4.79 Å². The molecule has 1 N–H and O–H groups in total. The molecule has 2 aromatic heterocycles. The molecular weight excluding hydrogens is 244 g/mol. The molecule has 5 nitrogen and oxygen atoms in total. The van der Waals surface area contributed by atoms with Crippen LogP contribution in [-0.4, -0.2) is 20.7 Å². The Labute approximate surface area is 101 Å². The first-order valence-electron chi connectivity index (χ1n) is 4.92. The number of rotatable bonds is 4. The van der Waals surface area contributed by atoms with Gasteiger partial charge in [0, 0.05) is 29.2 Å². The number of nitrogens with one attached hydrogen (secondary N) is 1. The molecule has 0 fully saturated rings. The summed E-state index contributed by atoms with van der Waals surface area (Å²) < 4.78 is 5.61. The van der Waals surface area contributed by atoms with E-state index in [1.807, 2.05) is 19.2 Å². The summed E-state index contributed by atoms with van der Waals surface area (Å²) in [5.41, 5.74) is 1.79. The molecule has 7 heteroatoms. The summed E-state index contributed by atoms with van der Waals surface area (Å²) in [4.78, 5) is 11.6. The standard InChI is InChI=1S/C9H12N4OS2/c1-3-10-8-7(11-12-16-8)4-13-6(2)5-15-9(13)14/h5,10H,3-4H2,1-2H3. The molecule has 2 aromatic rings. The molecule has 0 aliphatic rings. The molecule has 0 aliphatic carbocycles. The van der Waals surface area contributed by atoms with Gasteiger partial charge in [-0.2, -0.15) is 0 Å². The van der Waals surface area contributed by atoms with Gasteiger partial charge in [-0.15, -0.1) is 5.10 Å². The van der Waals surface area contributed by atoms with Gasteiger partial charge in [0.2, 0.25) is 0 Å². The van der Waals surface area contributed by atoms with Crippen LogP contribution in [0, 0.1) is 6.92 Å². The second-order valence-corrected chi connectivity index (χ2v) is 4.88. The number of hydrogen-bond acceptors (Lipinski definition) is 6. The van der Waals surface area contributed by atoms with Gasteiger partial charge in [-0.25, -0.2) is 0 Å². The predicted molar refractivity (Wildman–Crippen MR) is 66.5 cm³/mol. The van der Waals surface area contributed by atoms with E-state index in [2.05, 4.69) is 14.9 Å². The monoisotopic (exact) mass is 256 g/mol. The Morgan fingerprint density at radius 1 is 1.56 bits per heavy atom. The minimum atomic E-state index is 0.0490. The average Bonchev–Trinajstić information content (AvgIpc) is 2.81. The highest BCUT2D eigenvalue weighted by atomic mass is 32.1. The van der Waals surface area contributed by atoms with Crippen molar-refractivity contribution in [2.45, 2.75) is 20.4 Å². The van der Waals surface area contributed by atoms with Gasteiger partial charge in [0.1, 0.15) is 10.7 Å². The minimum Gasteiger partial charge on any atom is -0.374 e. The second-order valence-electron chi connectivity index (χ2n) is 3.31. The molecule has 0 radical (unpaired) electrons. The van der Waals surface area contributed by atoms with Gasteiger partial charge in [-0.05, 0) is 13.8 Å². The summed E-state index contributed by atoms with van der Waals surface area (Å²) in [6, 6.07) is 0. The van der Waals surface area contributed by atoms with E-state index < -0.39 is 0 Å². The van der Waals surface area contributed by atoms with Crippen LogP contribution in [0.25, 0.3) is 0 Å². The third-order valence-electron chi connectivity index (χ3n) is 2.18. The van der Waals surface area contributed by atoms with Crippen molar-refractivity contribution >= 4 is 27.9 Å². The Morgan fingerprint density at radius 3 is 3.00 bits per heavy atom. The van der Waals surface area contributed by atoms with Gasteiger partial charge in [0.25, 0.3) is 0 Å². The fourth-order valence-electron chi connectivity index (χ4n) is 1.35. The molecule has 0 atom stereocenters. The van der Waals surface area contributed by atoms with Gasteiger partial charge in [-0.3, -0.25) is 9.36 Å². The Kier molecular flexibility index (Phi) is 3.35. The lowest BCUT2D eigenvalue weighted by atomic mass is 10.4. The smallest absolute Gasteiger partial charge is 0.307 e. The lowest BCUT2D eigenvalue weighted by Crippen LogP contribution is -2.16. The molecule has 0 amide bonds. The van der Waals surface area contributed by atoms with Gasteiger partial charge in [-0.1, -0.05) is 15.8 Å². The van der Waals surface area contributed by atoms with Crippen molar-refractivity contribution in [3.05, 3.63) is 26.4 Å². The summed E-state index contributed by atoms with van der Waals surface area (Å²) in [7, 11) is 0. The summed E-state index contributed by atoms with van der Waals surface area (Å²) in [6.07, 6.45) is 0. The first-order valence-corrected chi connectivity index (χ1v) is 6.57. The van der Waals surface area contributed by atoms with Crippen molar-refractivity contribution in [1.82, 2.24) is 14.2 Å². The minimum absolute atomic E-state index is 0.0490. The van der Waals surface area contributed by atoms with Gasteiger partial charge >= 0.3 is 4.87 Å². The zero-order valence-corrected chi connectivity index (χ0v) is 10.7. The van der Waals surface area contributed by atoms with Gasteiger partial charge in [0.15, 0.2) is 0 Å². The number of nitrogens with zero attached hydrogens (tertiary/aromatic N) is 3. The largest absolute Gasteiger partial charge is 0.374 e. The van der Waals surface area contributed by atoms with E-state index in [1.165, 1.54) is 22.9 Å². The van der Waals surface area contributed by atoms with Crippen molar-refractivity contribution < 1.29 is 0 Å². The van der Waals surface area contributed by atoms with Crippen LogP contribution in [-0.2, 0) is 6.54 Å². The van der Waals surface area contributed by atoms with Crippen LogP contribution in [0.5, 0.6) is 0 Å². The molecule has 0 bridgehead atoms. The van der Waals surface area contributed by atoms with Crippen LogP contribution in [0.15, 0.2) is 10.2 Å². The highest BCUT2D eigenvalue weighted by Crippen LogP contribution is 2.18. The molecule has 0 aromatic carbocycles. The molecule has 86 valence electrons. The molecule has 0 saturated heterocycles. The molecule has 0 aliphatic heterocycles. The number of aryl methyl sites for hydroxylation is 1. The van der Waals surface area contributed by atoms with E-state index in [1.54, 1.807) is 4.57 Å². The Bertz CT molecular complexity index is 528. The number of anilines is 1. The van der Waals surface area contributed by atoms with Crippen molar-refractivity contribution in [2.24, 2.45) is 0 Å². The maximum atomic E-state index is 11.6. The average molecular weight is 256 g/mol. The Morgan fingerprint density at radius 2 is 2.38 bits per heavy atom. The lowest BCUT2D eigenvalue weighted by molar-refractivity contribution is 0.732. The van der Waals surface area contributed by atoms with Crippen molar-refractivity contribution in [3.8, 4) is 0 Å². The maximum Gasteiger partial charge on any atom is 0.307 e. The van der Waals surface area contributed by atoms with Crippen molar-refractivity contribution in [1.29, 1.82) is 0 Å². The SMILES string of the molecule is CCNc1snnc1Cn1c(C)csc1=O.